The maximum Gasteiger partial charge on any atom is 0.203 e. The van der Waals surface area contributed by atoms with Crippen LogP contribution in [0, 0.1) is 0 Å². The van der Waals surface area contributed by atoms with Gasteiger partial charge in [-0.2, -0.15) is 0 Å². The summed E-state index contributed by atoms with van der Waals surface area (Å²) < 4.78 is 16.3. The number of ketones is 1. The molecule has 0 aromatic heterocycles. The molecule has 23 heavy (non-hydrogen) atoms. The first kappa shape index (κ1) is 17.3. The van der Waals surface area contributed by atoms with Crippen molar-refractivity contribution in [1.29, 1.82) is 0 Å². The number of aromatic hydroxyl groups is 1. The largest absolute Gasteiger partial charge is 0.504 e. The summed E-state index contributed by atoms with van der Waals surface area (Å²) in [5, 5.41) is 10.1. The lowest BCUT2D eigenvalue weighted by Crippen LogP contribution is -2.38. The van der Waals surface area contributed by atoms with E-state index in [9.17, 15) is 9.90 Å². The molecule has 1 aliphatic heterocycles. The van der Waals surface area contributed by atoms with Crippen LogP contribution in [-0.4, -0.2) is 62.4 Å². The van der Waals surface area contributed by atoms with E-state index in [4.69, 9.17) is 14.2 Å². The zero-order valence-corrected chi connectivity index (χ0v) is 13.6. The first-order valence-electron chi connectivity index (χ1n) is 7.62. The molecule has 2 rings (SSSR count). The first-order chi connectivity index (χ1) is 11.1. The van der Waals surface area contributed by atoms with Gasteiger partial charge >= 0.3 is 0 Å². The van der Waals surface area contributed by atoms with Crippen LogP contribution in [0.2, 0.25) is 0 Å². The predicted octanol–water partition coefficient (Wildman–Crippen LogP) is 1.71. The molecule has 0 amide bonds. The molecule has 1 saturated heterocycles. The molecule has 6 heteroatoms. The van der Waals surface area contributed by atoms with Gasteiger partial charge in [0.2, 0.25) is 5.75 Å². The molecule has 1 N–H and O–H groups in total. The molecule has 0 bridgehead atoms. The number of phenols is 1. The Kier molecular flexibility index (Phi) is 6.43. The fraction of sp³-hybridized carbons (Fsp3) is 0.471. The van der Waals surface area contributed by atoms with E-state index in [2.05, 4.69) is 4.90 Å². The molecule has 0 aliphatic carbocycles. The fourth-order valence-electron chi connectivity index (χ4n) is 2.32. The number of hydrogen-bond acceptors (Lipinski definition) is 6. The number of rotatable bonds is 7. The van der Waals surface area contributed by atoms with Gasteiger partial charge in [0, 0.05) is 19.6 Å². The van der Waals surface area contributed by atoms with Crippen molar-refractivity contribution in [3.8, 4) is 17.2 Å². The van der Waals surface area contributed by atoms with E-state index < -0.39 is 0 Å². The molecular formula is C17H23NO5. The summed E-state index contributed by atoms with van der Waals surface area (Å²) in [5.41, 5.74) is 0.676. The van der Waals surface area contributed by atoms with Gasteiger partial charge in [-0.05, 0) is 30.7 Å². The highest BCUT2D eigenvalue weighted by Crippen LogP contribution is 2.38. The van der Waals surface area contributed by atoms with Gasteiger partial charge in [-0.25, -0.2) is 0 Å². The topological polar surface area (TPSA) is 68.2 Å². The molecule has 0 saturated carbocycles. The van der Waals surface area contributed by atoms with E-state index in [1.807, 2.05) is 0 Å². The van der Waals surface area contributed by atoms with Crippen molar-refractivity contribution in [1.82, 2.24) is 4.90 Å². The minimum atomic E-state index is -0.0608. The van der Waals surface area contributed by atoms with E-state index in [1.165, 1.54) is 20.1 Å². The smallest absolute Gasteiger partial charge is 0.203 e. The van der Waals surface area contributed by atoms with Crippen LogP contribution < -0.4 is 9.47 Å². The van der Waals surface area contributed by atoms with Crippen LogP contribution in [-0.2, 0) is 9.53 Å². The first-order valence-corrected chi connectivity index (χ1v) is 7.62. The van der Waals surface area contributed by atoms with E-state index >= 15 is 0 Å². The van der Waals surface area contributed by atoms with Crippen molar-refractivity contribution in [3.05, 3.63) is 23.8 Å². The van der Waals surface area contributed by atoms with Gasteiger partial charge in [0.1, 0.15) is 6.61 Å². The zero-order valence-electron chi connectivity index (χ0n) is 13.6. The Bertz CT molecular complexity index is 564. The molecule has 1 heterocycles. The number of allylic oxidation sites excluding steroid dienone is 1. The van der Waals surface area contributed by atoms with Crippen molar-refractivity contribution in [3.63, 3.8) is 0 Å². The van der Waals surface area contributed by atoms with Gasteiger partial charge in [-0.15, -0.1) is 0 Å². The molecule has 6 nitrogen and oxygen atoms in total. The quantitative estimate of drug-likeness (QED) is 0.771. The number of benzene rings is 1. The molecule has 1 aliphatic rings. The summed E-state index contributed by atoms with van der Waals surface area (Å²) in [4.78, 5) is 13.2. The average Bonchev–Trinajstić information content (AvgIpc) is 2.55. The lowest BCUT2D eigenvalue weighted by atomic mass is 10.1. The monoisotopic (exact) mass is 321 g/mol. The van der Waals surface area contributed by atoms with Crippen molar-refractivity contribution in [2.45, 2.75) is 6.92 Å². The maximum atomic E-state index is 11.0. The number of nitrogens with zero attached hydrogens (tertiary/aromatic N) is 1. The number of ether oxygens (including phenoxy) is 3. The Morgan fingerprint density at radius 2 is 2.13 bits per heavy atom. The van der Waals surface area contributed by atoms with E-state index in [1.54, 1.807) is 18.2 Å². The lowest BCUT2D eigenvalue weighted by molar-refractivity contribution is -0.112. The Labute approximate surface area is 136 Å². The molecule has 1 fully saturated rings. The Morgan fingerprint density at radius 3 is 2.78 bits per heavy atom. The summed E-state index contributed by atoms with van der Waals surface area (Å²) in [6, 6.07) is 3.27. The summed E-state index contributed by atoms with van der Waals surface area (Å²) in [6.45, 7) is 5.95. The number of carbonyl (C=O) groups is 1. The minimum Gasteiger partial charge on any atom is -0.504 e. The van der Waals surface area contributed by atoms with Gasteiger partial charge in [0.25, 0.3) is 0 Å². The summed E-state index contributed by atoms with van der Waals surface area (Å²) in [7, 11) is 1.52. The summed E-state index contributed by atoms with van der Waals surface area (Å²) in [5.74, 6) is 0.694. The highest BCUT2D eigenvalue weighted by atomic mass is 16.5. The predicted molar refractivity (Wildman–Crippen MR) is 87.1 cm³/mol. The van der Waals surface area contributed by atoms with Crippen LogP contribution >= 0.6 is 0 Å². The number of methoxy groups -OCH3 is 1. The molecular weight excluding hydrogens is 298 g/mol. The average molecular weight is 321 g/mol. The second-order valence-electron chi connectivity index (χ2n) is 5.32. The molecule has 0 radical (unpaired) electrons. The lowest BCUT2D eigenvalue weighted by Gasteiger charge is -2.26. The molecule has 0 atom stereocenters. The van der Waals surface area contributed by atoms with Crippen LogP contribution in [0.5, 0.6) is 17.2 Å². The summed E-state index contributed by atoms with van der Waals surface area (Å²) >= 11 is 0. The molecule has 1 aromatic rings. The van der Waals surface area contributed by atoms with Gasteiger partial charge < -0.3 is 19.3 Å². The highest BCUT2D eigenvalue weighted by Gasteiger charge is 2.14. The third kappa shape index (κ3) is 5.26. The molecule has 0 unspecified atom stereocenters. The third-order valence-corrected chi connectivity index (χ3v) is 3.55. The SMILES string of the molecule is COc1cc(/C=C/C(C)=O)cc(O)c1OCCN1CCOCC1. The van der Waals surface area contributed by atoms with Crippen LogP contribution in [0.3, 0.4) is 0 Å². The normalized spacial score (nSPS) is 15.7. The second-order valence-corrected chi connectivity index (χ2v) is 5.32. The number of hydrogen-bond donors (Lipinski definition) is 1. The van der Waals surface area contributed by atoms with E-state index in [-0.39, 0.29) is 11.5 Å². The third-order valence-electron chi connectivity index (χ3n) is 3.55. The fourth-order valence-corrected chi connectivity index (χ4v) is 2.32. The molecule has 126 valence electrons. The van der Waals surface area contributed by atoms with Crippen molar-refractivity contribution in [2.75, 3.05) is 46.6 Å². The maximum absolute atomic E-state index is 11.0. The van der Waals surface area contributed by atoms with E-state index in [0.717, 1.165) is 32.8 Å². The Balaban J connectivity index is 2.01. The molecule has 1 aromatic carbocycles. The van der Waals surface area contributed by atoms with Crippen molar-refractivity contribution < 1.29 is 24.1 Å². The number of phenolic OH excluding ortho intramolecular Hbond substituents is 1. The van der Waals surface area contributed by atoms with Crippen molar-refractivity contribution in [2.24, 2.45) is 0 Å². The van der Waals surface area contributed by atoms with Crippen LogP contribution in [0.25, 0.3) is 6.08 Å². The Morgan fingerprint density at radius 1 is 1.39 bits per heavy atom. The van der Waals surface area contributed by atoms with Crippen molar-refractivity contribution >= 4 is 11.9 Å². The van der Waals surface area contributed by atoms with Crippen LogP contribution in [0.1, 0.15) is 12.5 Å². The van der Waals surface area contributed by atoms with Gasteiger partial charge in [0.15, 0.2) is 17.3 Å². The van der Waals surface area contributed by atoms with Gasteiger partial charge in [-0.3, -0.25) is 9.69 Å². The Hall–Kier alpha value is -2.05. The summed E-state index contributed by atoms with van der Waals surface area (Å²) in [6.07, 6.45) is 3.06. The molecule has 0 spiro atoms. The van der Waals surface area contributed by atoms with Crippen LogP contribution in [0.15, 0.2) is 18.2 Å². The van der Waals surface area contributed by atoms with Crippen LogP contribution in [0.4, 0.5) is 0 Å². The van der Waals surface area contributed by atoms with Gasteiger partial charge in [0.05, 0.1) is 20.3 Å². The number of carbonyl (C=O) groups excluding carboxylic acids is 1. The minimum absolute atomic E-state index is 0.00507. The highest BCUT2D eigenvalue weighted by molar-refractivity contribution is 5.91. The number of morpholine rings is 1. The van der Waals surface area contributed by atoms with Gasteiger partial charge in [-0.1, -0.05) is 6.08 Å². The standard InChI is InChI=1S/C17H23NO5/c1-13(19)3-4-14-11-15(20)17(16(12-14)21-2)23-10-7-18-5-8-22-9-6-18/h3-4,11-12,20H,5-10H2,1-2H3/b4-3+. The second kappa shape index (κ2) is 8.55. The zero-order chi connectivity index (χ0) is 16.7. The van der Waals surface area contributed by atoms with E-state index in [0.29, 0.717) is 23.7 Å².